The number of aromatic amines is 1. The summed E-state index contributed by atoms with van der Waals surface area (Å²) in [7, 11) is 2.19. The number of carbonyl (C=O) groups excluding carboxylic acids is 2. The number of nitrogens with one attached hydrogen (secondary N) is 3. The van der Waals surface area contributed by atoms with Crippen LogP contribution in [0.2, 0.25) is 0 Å². The van der Waals surface area contributed by atoms with Crippen LogP contribution in [0.5, 0.6) is 0 Å². The van der Waals surface area contributed by atoms with Gasteiger partial charge in [0.15, 0.2) is 6.04 Å². The van der Waals surface area contributed by atoms with Gasteiger partial charge in [-0.1, -0.05) is 0 Å². The van der Waals surface area contributed by atoms with Crippen LogP contribution in [-0.2, 0) is 4.74 Å². The first kappa shape index (κ1) is 17.7. The normalized spacial score (nSPS) is 22.7. The first-order valence-corrected chi connectivity index (χ1v) is 8.43. The molecule has 1 atom stereocenters. The highest BCUT2D eigenvalue weighted by atomic mass is 16.5. The molecule has 128 valence electrons. The average molecular weight is 323 g/mol. The van der Waals surface area contributed by atoms with E-state index in [1.54, 1.807) is 6.92 Å². The Hall–Kier alpha value is -1.66. The average Bonchev–Trinajstić information content (AvgIpc) is 2.81. The van der Waals surface area contributed by atoms with E-state index < -0.39 is 0 Å². The molecule has 0 unspecified atom stereocenters. The SMILES string of the molecule is CCOC(=O)c1c(C)[nH]c(C(=O)[C@H](C)[NH+]2CC[NH+](C)CC2)c1C. The molecule has 0 saturated carbocycles. The van der Waals surface area contributed by atoms with E-state index in [2.05, 4.69) is 12.0 Å². The summed E-state index contributed by atoms with van der Waals surface area (Å²) in [5.74, 6) is -0.281. The lowest BCUT2D eigenvalue weighted by molar-refractivity contribution is -1.01. The van der Waals surface area contributed by atoms with E-state index in [-0.39, 0.29) is 17.8 Å². The number of ether oxygens (including phenoxy) is 1. The minimum absolute atomic E-state index is 0.0794. The summed E-state index contributed by atoms with van der Waals surface area (Å²) in [6.07, 6.45) is 0. The smallest absolute Gasteiger partial charge is 0.340 e. The van der Waals surface area contributed by atoms with Crippen molar-refractivity contribution < 1.29 is 24.1 Å². The topological polar surface area (TPSA) is 68.0 Å². The Kier molecular flexibility index (Phi) is 5.59. The molecule has 0 aliphatic carbocycles. The van der Waals surface area contributed by atoms with Gasteiger partial charge in [0.25, 0.3) is 0 Å². The van der Waals surface area contributed by atoms with Gasteiger partial charge >= 0.3 is 5.97 Å². The molecule has 1 fully saturated rings. The lowest BCUT2D eigenvalue weighted by Gasteiger charge is -2.30. The predicted molar refractivity (Wildman–Crippen MR) is 87.3 cm³/mol. The van der Waals surface area contributed by atoms with Crippen LogP contribution in [0, 0.1) is 13.8 Å². The third-order valence-electron chi connectivity index (χ3n) is 4.91. The Morgan fingerprint density at radius 3 is 2.39 bits per heavy atom. The molecule has 1 aliphatic rings. The fourth-order valence-corrected chi connectivity index (χ4v) is 3.34. The van der Waals surface area contributed by atoms with Gasteiger partial charge in [0.1, 0.15) is 26.2 Å². The Bertz CT molecular complexity index is 586. The Morgan fingerprint density at radius 1 is 1.22 bits per heavy atom. The minimum Gasteiger partial charge on any atom is -0.462 e. The van der Waals surface area contributed by atoms with Crippen LogP contribution in [0.4, 0.5) is 0 Å². The lowest BCUT2D eigenvalue weighted by Crippen LogP contribution is -3.29. The molecule has 0 radical (unpaired) electrons. The second-order valence-electron chi connectivity index (χ2n) is 6.55. The largest absolute Gasteiger partial charge is 0.462 e. The van der Waals surface area contributed by atoms with Gasteiger partial charge in [-0.15, -0.1) is 0 Å². The maximum atomic E-state index is 12.9. The van der Waals surface area contributed by atoms with Gasteiger partial charge in [0, 0.05) is 5.69 Å². The van der Waals surface area contributed by atoms with E-state index in [0.717, 1.165) is 26.2 Å². The minimum atomic E-state index is -0.360. The van der Waals surface area contributed by atoms with Crippen molar-refractivity contribution in [2.45, 2.75) is 33.7 Å². The van der Waals surface area contributed by atoms with Gasteiger partial charge in [-0.25, -0.2) is 4.79 Å². The number of ketones is 1. The summed E-state index contributed by atoms with van der Waals surface area (Å²) in [4.78, 5) is 30.9. The van der Waals surface area contributed by atoms with Gasteiger partial charge in [0.05, 0.1) is 24.9 Å². The summed E-state index contributed by atoms with van der Waals surface area (Å²) < 4.78 is 5.09. The van der Waals surface area contributed by atoms with Crippen LogP contribution in [0.3, 0.4) is 0 Å². The van der Waals surface area contributed by atoms with Gasteiger partial charge < -0.3 is 19.5 Å². The van der Waals surface area contributed by atoms with Gasteiger partial charge in [-0.05, 0) is 33.3 Å². The van der Waals surface area contributed by atoms with Crippen molar-refractivity contribution in [3.63, 3.8) is 0 Å². The molecule has 1 aromatic heterocycles. The maximum absolute atomic E-state index is 12.9. The standard InChI is InChI=1S/C17H27N3O3/c1-6-23-17(22)14-11(2)15(18-12(14)3)16(21)13(4)20-9-7-19(5)8-10-20/h13,18H,6-10H2,1-5H3/p+2/t13-/m0/s1. The Balaban J connectivity index is 2.19. The van der Waals surface area contributed by atoms with E-state index in [0.29, 0.717) is 29.1 Å². The molecule has 0 amide bonds. The van der Waals surface area contributed by atoms with Crippen LogP contribution in [-0.4, -0.2) is 62.6 Å². The van der Waals surface area contributed by atoms with Crippen molar-refractivity contribution in [2.75, 3.05) is 39.8 Å². The zero-order chi connectivity index (χ0) is 17.1. The van der Waals surface area contributed by atoms with Gasteiger partial charge in [-0.3, -0.25) is 4.79 Å². The predicted octanol–water partition coefficient (Wildman–Crippen LogP) is -1.21. The molecule has 1 aliphatic heterocycles. The fraction of sp³-hybridized carbons (Fsp3) is 0.647. The molecule has 23 heavy (non-hydrogen) atoms. The molecular weight excluding hydrogens is 294 g/mol. The summed E-state index contributed by atoms with van der Waals surface area (Å²) in [5.41, 5.74) is 2.46. The second-order valence-corrected chi connectivity index (χ2v) is 6.55. The number of piperazine rings is 1. The second kappa shape index (κ2) is 7.27. The summed E-state index contributed by atoms with van der Waals surface area (Å²) in [6, 6.07) is -0.102. The van der Waals surface area contributed by atoms with Crippen LogP contribution in [0.15, 0.2) is 0 Å². The number of rotatable bonds is 5. The zero-order valence-corrected chi connectivity index (χ0v) is 14.8. The van der Waals surface area contributed by atoms with Crippen LogP contribution < -0.4 is 9.80 Å². The number of hydrogen-bond donors (Lipinski definition) is 3. The first-order valence-electron chi connectivity index (χ1n) is 8.43. The Labute approximate surface area is 137 Å². The highest BCUT2D eigenvalue weighted by Gasteiger charge is 2.33. The van der Waals surface area contributed by atoms with E-state index in [9.17, 15) is 9.59 Å². The summed E-state index contributed by atoms with van der Waals surface area (Å²) in [6.45, 7) is 11.9. The molecule has 1 aromatic rings. The summed E-state index contributed by atoms with van der Waals surface area (Å²) >= 11 is 0. The van der Waals surface area contributed by atoms with Crippen molar-refractivity contribution in [1.29, 1.82) is 0 Å². The molecule has 0 bridgehead atoms. The van der Waals surface area contributed by atoms with Crippen molar-refractivity contribution in [3.8, 4) is 0 Å². The van der Waals surface area contributed by atoms with Crippen molar-refractivity contribution in [2.24, 2.45) is 0 Å². The molecule has 0 spiro atoms. The number of aromatic nitrogens is 1. The highest BCUT2D eigenvalue weighted by Crippen LogP contribution is 2.20. The van der Waals surface area contributed by atoms with Crippen molar-refractivity contribution >= 4 is 11.8 Å². The lowest BCUT2D eigenvalue weighted by atomic mass is 10.0. The van der Waals surface area contributed by atoms with E-state index in [1.807, 2.05) is 20.8 Å². The fourth-order valence-electron chi connectivity index (χ4n) is 3.34. The molecule has 6 heteroatoms. The number of H-pyrrole nitrogens is 1. The van der Waals surface area contributed by atoms with Crippen molar-refractivity contribution in [3.05, 3.63) is 22.5 Å². The molecule has 0 aromatic carbocycles. The number of Topliss-reactive ketones (excluding diaryl/α,β-unsaturated/α-hetero) is 1. The molecule has 2 rings (SSSR count). The van der Waals surface area contributed by atoms with E-state index in [1.165, 1.54) is 9.80 Å². The molecule has 2 heterocycles. The molecule has 6 nitrogen and oxygen atoms in total. The van der Waals surface area contributed by atoms with Crippen LogP contribution >= 0.6 is 0 Å². The molecule has 3 N–H and O–H groups in total. The number of carbonyl (C=O) groups is 2. The monoisotopic (exact) mass is 323 g/mol. The maximum Gasteiger partial charge on any atom is 0.340 e. The molecular formula is C17H29N3O3+2. The van der Waals surface area contributed by atoms with E-state index in [4.69, 9.17) is 4.74 Å². The van der Waals surface area contributed by atoms with Gasteiger partial charge in [0.2, 0.25) is 5.78 Å². The van der Waals surface area contributed by atoms with E-state index >= 15 is 0 Å². The number of esters is 1. The van der Waals surface area contributed by atoms with Crippen molar-refractivity contribution in [1.82, 2.24) is 4.98 Å². The quantitative estimate of drug-likeness (QED) is 0.471. The number of likely N-dealkylation sites (N-methyl/N-ethyl adjacent to an activating group) is 1. The zero-order valence-electron chi connectivity index (χ0n) is 14.8. The Morgan fingerprint density at radius 2 is 1.83 bits per heavy atom. The summed E-state index contributed by atoms with van der Waals surface area (Å²) in [5, 5.41) is 0. The first-order chi connectivity index (χ1) is 10.9. The van der Waals surface area contributed by atoms with Crippen LogP contribution in [0.1, 0.15) is 46.0 Å². The van der Waals surface area contributed by atoms with Gasteiger partial charge in [-0.2, -0.15) is 0 Å². The highest BCUT2D eigenvalue weighted by molar-refractivity contribution is 6.03. The third kappa shape index (κ3) is 3.64. The number of quaternary nitrogens is 2. The number of aryl methyl sites for hydroxylation is 1. The van der Waals surface area contributed by atoms with Crippen LogP contribution in [0.25, 0.3) is 0 Å². The number of hydrogen-bond acceptors (Lipinski definition) is 3. The third-order valence-corrected chi connectivity index (χ3v) is 4.91. The molecule has 1 saturated heterocycles.